The van der Waals surface area contributed by atoms with Crippen molar-refractivity contribution in [3.05, 3.63) is 18.3 Å². The van der Waals surface area contributed by atoms with Crippen LogP contribution in [0.25, 0.3) is 0 Å². The van der Waals surface area contributed by atoms with Gasteiger partial charge in [-0.1, -0.05) is 0 Å². The fourth-order valence-corrected chi connectivity index (χ4v) is 1.88. The molecule has 0 bridgehead atoms. The summed E-state index contributed by atoms with van der Waals surface area (Å²) in [6, 6.07) is 3.61. The molecular formula is C11H15F2N3. The molecule has 0 amide bonds. The summed E-state index contributed by atoms with van der Waals surface area (Å²) < 4.78 is 26.4. The van der Waals surface area contributed by atoms with E-state index in [1.807, 2.05) is 6.07 Å². The maximum atomic E-state index is 13.2. The number of piperidine rings is 1. The molecule has 0 unspecified atom stereocenters. The zero-order valence-electron chi connectivity index (χ0n) is 9.21. The van der Waals surface area contributed by atoms with Gasteiger partial charge >= 0.3 is 0 Å². The van der Waals surface area contributed by atoms with Gasteiger partial charge in [0.05, 0.1) is 18.4 Å². The Morgan fingerprint density at radius 3 is 2.81 bits per heavy atom. The van der Waals surface area contributed by atoms with E-state index in [2.05, 4.69) is 10.3 Å². The molecule has 2 heterocycles. The zero-order chi connectivity index (χ0) is 11.6. The molecule has 16 heavy (non-hydrogen) atoms. The predicted octanol–water partition coefficient (Wildman–Crippen LogP) is 2.36. The minimum Gasteiger partial charge on any atom is -0.387 e. The molecule has 1 fully saturated rings. The first-order valence-electron chi connectivity index (χ1n) is 5.37. The number of aromatic nitrogens is 1. The summed E-state index contributed by atoms with van der Waals surface area (Å²) in [5.74, 6) is -1.96. The molecule has 1 saturated heterocycles. The monoisotopic (exact) mass is 227 g/mol. The lowest BCUT2D eigenvalue weighted by molar-refractivity contribution is -0.0118. The average molecular weight is 227 g/mol. The van der Waals surface area contributed by atoms with Crippen LogP contribution in [0.2, 0.25) is 0 Å². The van der Waals surface area contributed by atoms with Gasteiger partial charge in [0.2, 0.25) is 0 Å². The van der Waals surface area contributed by atoms with Crippen LogP contribution in [0.3, 0.4) is 0 Å². The third-order valence-electron chi connectivity index (χ3n) is 2.75. The predicted molar refractivity (Wildman–Crippen MR) is 60.2 cm³/mol. The number of alkyl halides is 2. The van der Waals surface area contributed by atoms with Crippen molar-refractivity contribution in [2.24, 2.45) is 0 Å². The van der Waals surface area contributed by atoms with Crippen LogP contribution in [0.5, 0.6) is 0 Å². The summed E-state index contributed by atoms with van der Waals surface area (Å²) >= 11 is 0. The van der Waals surface area contributed by atoms with E-state index in [1.165, 1.54) is 0 Å². The van der Waals surface area contributed by atoms with E-state index in [1.54, 1.807) is 24.2 Å². The van der Waals surface area contributed by atoms with Crippen molar-refractivity contribution >= 4 is 11.5 Å². The van der Waals surface area contributed by atoms with Gasteiger partial charge in [-0.15, -0.1) is 0 Å². The lowest BCUT2D eigenvalue weighted by atomic mass is 10.1. The van der Waals surface area contributed by atoms with Gasteiger partial charge in [0.1, 0.15) is 5.82 Å². The number of pyridine rings is 1. The Hall–Kier alpha value is -1.39. The van der Waals surface area contributed by atoms with E-state index in [0.717, 1.165) is 5.69 Å². The number of halogens is 2. The van der Waals surface area contributed by atoms with Gasteiger partial charge in [-0.25, -0.2) is 13.8 Å². The van der Waals surface area contributed by atoms with Crippen LogP contribution in [-0.2, 0) is 0 Å². The minimum absolute atomic E-state index is 0.0158. The molecule has 1 aliphatic heterocycles. The van der Waals surface area contributed by atoms with Crippen molar-refractivity contribution in [2.45, 2.75) is 18.8 Å². The minimum atomic E-state index is -2.58. The van der Waals surface area contributed by atoms with E-state index in [-0.39, 0.29) is 13.0 Å². The summed E-state index contributed by atoms with van der Waals surface area (Å²) in [7, 11) is 1.80. The maximum absolute atomic E-state index is 13.2. The number of hydrogen-bond acceptors (Lipinski definition) is 3. The lowest BCUT2D eigenvalue weighted by Gasteiger charge is -2.33. The quantitative estimate of drug-likeness (QED) is 0.840. The van der Waals surface area contributed by atoms with E-state index < -0.39 is 5.92 Å². The van der Waals surface area contributed by atoms with Gasteiger partial charge < -0.3 is 10.2 Å². The van der Waals surface area contributed by atoms with Crippen molar-refractivity contribution in [1.82, 2.24) is 4.98 Å². The molecule has 0 saturated carbocycles. The average Bonchev–Trinajstić information content (AvgIpc) is 2.28. The Labute approximate surface area is 93.5 Å². The summed E-state index contributed by atoms with van der Waals surface area (Å²) in [6.07, 6.45) is 2.16. The summed E-state index contributed by atoms with van der Waals surface area (Å²) in [5.41, 5.74) is 0.882. The van der Waals surface area contributed by atoms with Crippen LogP contribution in [0, 0.1) is 0 Å². The van der Waals surface area contributed by atoms with Crippen molar-refractivity contribution in [3.8, 4) is 0 Å². The highest BCUT2D eigenvalue weighted by molar-refractivity contribution is 5.48. The Bertz CT molecular complexity index is 351. The fourth-order valence-electron chi connectivity index (χ4n) is 1.88. The molecule has 0 atom stereocenters. The van der Waals surface area contributed by atoms with Crippen LogP contribution in [0.4, 0.5) is 20.3 Å². The molecule has 5 heteroatoms. The smallest absolute Gasteiger partial charge is 0.265 e. The SMILES string of the molecule is CNc1ccc(N2CCCC(F)(F)C2)nc1. The number of rotatable bonds is 2. The first-order valence-corrected chi connectivity index (χ1v) is 5.37. The second-order valence-corrected chi connectivity index (χ2v) is 4.04. The zero-order valence-corrected chi connectivity index (χ0v) is 9.21. The van der Waals surface area contributed by atoms with Crippen molar-refractivity contribution in [2.75, 3.05) is 30.4 Å². The molecule has 1 aromatic heterocycles. The molecule has 2 rings (SSSR count). The highest BCUT2D eigenvalue weighted by Gasteiger charge is 2.35. The molecule has 0 aromatic carbocycles. The Kier molecular flexibility index (Phi) is 2.94. The highest BCUT2D eigenvalue weighted by atomic mass is 19.3. The number of hydrogen-bond donors (Lipinski definition) is 1. The van der Waals surface area contributed by atoms with Crippen molar-refractivity contribution < 1.29 is 8.78 Å². The molecule has 1 aromatic rings. The van der Waals surface area contributed by atoms with E-state index in [0.29, 0.717) is 18.8 Å². The summed E-state index contributed by atoms with van der Waals surface area (Å²) in [4.78, 5) is 5.81. The standard InChI is InChI=1S/C11H15F2N3/c1-14-9-3-4-10(15-7-9)16-6-2-5-11(12,13)8-16/h3-4,7,14H,2,5-6,8H2,1H3. The number of nitrogens with zero attached hydrogens (tertiary/aromatic N) is 2. The van der Waals surface area contributed by atoms with Gasteiger partial charge in [0.15, 0.2) is 0 Å². The molecule has 0 radical (unpaired) electrons. The molecule has 3 nitrogen and oxygen atoms in total. The van der Waals surface area contributed by atoms with Gasteiger partial charge in [0, 0.05) is 20.0 Å². The third kappa shape index (κ3) is 2.40. The molecule has 1 N–H and O–H groups in total. The fraction of sp³-hybridized carbons (Fsp3) is 0.545. The largest absolute Gasteiger partial charge is 0.387 e. The van der Waals surface area contributed by atoms with Crippen LogP contribution in [0.15, 0.2) is 18.3 Å². The number of anilines is 2. The highest BCUT2D eigenvalue weighted by Crippen LogP contribution is 2.29. The normalized spacial score (nSPS) is 19.6. The second-order valence-electron chi connectivity index (χ2n) is 4.04. The molecule has 88 valence electrons. The van der Waals surface area contributed by atoms with Gasteiger partial charge in [0.25, 0.3) is 5.92 Å². The van der Waals surface area contributed by atoms with Gasteiger partial charge in [-0.3, -0.25) is 0 Å². The lowest BCUT2D eigenvalue weighted by Crippen LogP contribution is -2.43. The summed E-state index contributed by atoms with van der Waals surface area (Å²) in [5, 5.41) is 2.94. The van der Waals surface area contributed by atoms with Crippen molar-refractivity contribution in [3.63, 3.8) is 0 Å². The Morgan fingerprint density at radius 1 is 1.44 bits per heavy atom. The summed E-state index contributed by atoms with van der Waals surface area (Å²) in [6.45, 7) is 0.431. The Balaban J connectivity index is 2.11. The first kappa shape index (κ1) is 11.1. The van der Waals surface area contributed by atoms with E-state index in [9.17, 15) is 8.78 Å². The molecule has 0 aliphatic carbocycles. The number of nitrogens with one attached hydrogen (secondary N) is 1. The molecule has 0 spiro atoms. The molecular weight excluding hydrogens is 212 g/mol. The first-order chi connectivity index (χ1) is 7.61. The van der Waals surface area contributed by atoms with Crippen LogP contribution >= 0.6 is 0 Å². The van der Waals surface area contributed by atoms with Crippen LogP contribution < -0.4 is 10.2 Å². The van der Waals surface area contributed by atoms with Crippen LogP contribution in [-0.4, -0.2) is 31.0 Å². The maximum Gasteiger partial charge on any atom is 0.265 e. The third-order valence-corrected chi connectivity index (χ3v) is 2.75. The van der Waals surface area contributed by atoms with Gasteiger partial charge in [-0.2, -0.15) is 0 Å². The second kappa shape index (κ2) is 4.23. The topological polar surface area (TPSA) is 28.2 Å². The molecule has 1 aliphatic rings. The Morgan fingerprint density at radius 2 is 2.25 bits per heavy atom. The van der Waals surface area contributed by atoms with E-state index in [4.69, 9.17) is 0 Å². The van der Waals surface area contributed by atoms with Crippen LogP contribution in [0.1, 0.15) is 12.8 Å². The van der Waals surface area contributed by atoms with Crippen molar-refractivity contribution in [1.29, 1.82) is 0 Å². The van der Waals surface area contributed by atoms with Gasteiger partial charge in [-0.05, 0) is 18.6 Å². The van der Waals surface area contributed by atoms with E-state index >= 15 is 0 Å².